The molecule has 7 heteroatoms. The molecule has 2 aliphatic heterocycles. The second-order valence-electron chi connectivity index (χ2n) is 7.12. The highest BCUT2D eigenvalue weighted by molar-refractivity contribution is 5.74. The highest BCUT2D eigenvalue weighted by Gasteiger charge is 2.24. The first-order valence-electron chi connectivity index (χ1n) is 9.62. The number of amides is 1. The number of pyridine rings is 1. The van der Waals surface area contributed by atoms with Gasteiger partial charge in [0.1, 0.15) is 5.82 Å². The smallest absolute Gasteiger partial charge is 0.219 e. The third-order valence-corrected chi connectivity index (χ3v) is 5.20. The van der Waals surface area contributed by atoms with Gasteiger partial charge in [-0.1, -0.05) is 0 Å². The van der Waals surface area contributed by atoms with Gasteiger partial charge in [-0.15, -0.1) is 0 Å². The number of hydrogen-bond donors (Lipinski definition) is 1. The maximum absolute atomic E-state index is 11.8. The van der Waals surface area contributed by atoms with Gasteiger partial charge >= 0.3 is 0 Å². The Morgan fingerprint density at radius 3 is 3.04 bits per heavy atom. The molecule has 0 spiro atoms. The van der Waals surface area contributed by atoms with Gasteiger partial charge in [0, 0.05) is 50.1 Å². The van der Waals surface area contributed by atoms with Gasteiger partial charge in [-0.3, -0.25) is 9.78 Å². The van der Waals surface area contributed by atoms with Crippen LogP contribution in [-0.4, -0.2) is 51.6 Å². The van der Waals surface area contributed by atoms with E-state index in [-0.39, 0.29) is 12.0 Å². The van der Waals surface area contributed by atoms with E-state index < -0.39 is 0 Å². The summed E-state index contributed by atoms with van der Waals surface area (Å²) in [6, 6.07) is 3.83. The molecule has 1 N–H and O–H groups in total. The molecule has 1 fully saturated rings. The molecule has 7 nitrogen and oxygen atoms in total. The molecule has 0 radical (unpaired) electrons. The van der Waals surface area contributed by atoms with Crippen LogP contribution >= 0.6 is 0 Å². The van der Waals surface area contributed by atoms with E-state index in [0.717, 1.165) is 55.1 Å². The standard InChI is InChI=1S/C20H25N5O2/c1-14(26)25-9-7-17-18(13-25)23-19(15-5-4-8-21-11-15)24-20(17)22-12-16-6-2-3-10-27-16/h4-5,8,11,16H,2-3,6-7,9-10,12-13H2,1H3,(H,22,23,24)/t16-/m1/s1. The number of rotatable bonds is 4. The van der Waals surface area contributed by atoms with Crippen LogP contribution < -0.4 is 5.32 Å². The number of nitrogens with zero attached hydrogens (tertiary/aromatic N) is 4. The maximum atomic E-state index is 11.8. The van der Waals surface area contributed by atoms with Crippen molar-refractivity contribution < 1.29 is 9.53 Å². The molecule has 1 atom stereocenters. The number of aromatic nitrogens is 3. The van der Waals surface area contributed by atoms with Crippen LogP contribution in [0.2, 0.25) is 0 Å². The van der Waals surface area contributed by atoms with Gasteiger partial charge in [0.15, 0.2) is 5.82 Å². The number of hydrogen-bond acceptors (Lipinski definition) is 6. The molecule has 142 valence electrons. The molecule has 0 aromatic carbocycles. The lowest BCUT2D eigenvalue weighted by molar-refractivity contribution is -0.129. The van der Waals surface area contributed by atoms with Crippen molar-refractivity contribution in [1.29, 1.82) is 0 Å². The summed E-state index contributed by atoms with van der Waals surface area (Å²) in [5.41, 5.74) is 2.89. The van der Waals surface area contributed by atoms with Crippen LogP contribution in [0.4, 0.5) is 5.82 Å². The van der Waals surface area contributed by atoms with E-state index in [0.29, 0.717) is 18.9 Å². The van der Waals surface area contributed by atoms with Crippen molar-refractivity contribution in [1.82, 2.24) is 19.9 Å². The van der Waals surface area contributed by atoms with Gasteiger partial charge < -0.3 is 15.0 Å². The van der Waals surface area contributed by atoms with Crippen LogP contribution in [0.3, 0.4) is 0 Å². The van der Waals surface area contributed by atoms with E-state index >= 15 is 0 Å². The Balaban J connectivity index is 1.63. The molecule has 2 aromatic rings. The molecule has 2 aromatic heterocycles. The molecule has 0 bridgehead atoms. The lowest BCUT2D eigenvalue weighted by Gasteiger charge is -2.29. The molecule has 0 aliphatic carbocycles. The van der Waals surface area contributed by atoms with Crippen molar-refractivity contribution in [3.8, 4) is 11.4 Å². The van der Waals surface area contributed by atoms with Crippen LogP contribution in [0.5, 0.6) is 0 Å². The predicted molar refractivity (Wildman–Crippen MR) is 102 cm³/mol. The molecule has 0 unspecified atom stereocenters. The quantitative estimate of drug-likeness (QED) is 0.894. The van der Waals surface area contributed by atoms with E-state index in [9.17, 15) is 4.79 Å². The SMILES string of the molecule is CC(=O)N1CCc2c(nc(-c3cccnc3)nc2NC[C@H]2CCCCO2)C1. The summed E-state index contributed by atoms with van der Waals surface area (Å²) in [6.45, 7) is 4.41. The minimum absolute atomic E-state index is 0.0762. The molecule has 4 heterocycles. The highest BCUT2D eigenvalue weighted by Crippen LogP contribution is 2.27. The second kappa shape index (κ2) is 8.00. The highest BCUT2D eigenvalue weighted by atomic mass is 16.5. The molecule has 1 amide bonds. The van der Waals surface area contributed by atoms with Crippen LogP contribution in [0, 0.1) is 0 Å². The topological polar surface area (TPSA) is 80.2 Å². The van der Waals surface area contributed by atoms with Crippen molar-refractivity contribution >= 4 is 11.7 Å². The molecule has 0 saturated carbocycles. The normalized spacial score (nSPS) is 19.4. The van der Waals surface area contributed by atoms with Gasteiger partial charge in [0.05, 0.1) is 18.3 Å². The zero-order chi connectivity index (χ0) is 18.6. The molecular formula is C20H25N5O2. The summed E-state index contributed by atoms with van der Waals surface area (Å²) in [7, 11) is 0. The Morgan fingerprint density at radius 1 is 1.37 bits per heavy atom. The van der Waals surface area contributed by atoms with E-state index in [1.54, 1.807) is 19.3 Å². The van der Waals surface area contributed by atoms with Gasteiger partial charge in [0.2, 0.25) is 5.91 Å². The second-order valence-corrected chi connectivity index (χ2v) is 7.12. The van der Waals surface area contributed by atoms with Crippen LogP contribution in [0.15, 0.2) is 24.5 Å². The molecular weight excluding hydrogens is 342 g/mol. The number of fused-ring (bicyclic) bond motifs is 1. The van der Waals surface area contributed by atoms with Crippen molar-refractivity contribution in [3.63, 3.8) is 0 Å². The fourth-order valence-electron chi connectivity index (χ4n) is 3.65. The number of carbonyl (C=O) groups excluding carboxylic acids is 1. The zero-order valence-electron chi connectivity index (χ0n) is 15.6. The van der Waals surface area contributed by atoms with Crippen molar-refractivity contribution in [2.24, 2.45) is 0 Å². The first-order valence-corrected chi connectivity index (χ1v) is 9.62. The van der Waals surface area contributed by atoms with Gasteiger partial charge in [-0.25, -0.2) is 9.97 Å². The third-order valence-electron chi connectivity index (χ3n) is 5.20. The first kappa shape index (κ1) is 17.9. The molecule has 1 saturated heterocycles. The molecule has 27 heavy (non-hydrogen) atoms. The van der Waals surface area contributed by atoms with Crippen molar-refractivity contribution in [2.45, 2.75) is 45.3 Å². The number of anilines is 1. The van der Waals surface area contributed by atoms with E-state index in [4.69, 9.17) is 14.7 Å². The summed E-state index contributed by atoms with van der Waals surface area (Å²) in [6.07, 6.45) is 7.92. The minimum atomic E-state index is 0.0762. The summed E-state index contributed by atoms with van der Waals surface area (Å²) in [5.74, 6) is 1.57. The summed E-state index contributed by atoms with van der Waals surface area (Å²) >= 11 is 0. The maximum Gasteiger partial charge on any atom is 0.219 e. The lowest BCUT2D eigenvalue weighted by Crippen LogP contribution is -2.36. The Hall–Kier alpha value is -2.54. The van der Waals surface area contributed by atoms with Gasteiger partial charge in [0.25, 0.3) is 0 Å². The fourth-order valence-corrected chi connectivity index (χ4v) is 3.65. The average molecular weight is 367 g/mol. The third kappa shape index (κ3) is 4.08. The molecule has 2 aliphatic rings. The Kier molecular flexibility index (Phi) is 5.29. The van der Waals surface area contributed by atoms with Crippen LogP contribution in [0.1, 0.15) is 37.4 Å². The summed E-state index contributed by atoms with van der Waals surface area (Å²) in [4.78, 5) is 27.4. The number of carbonyl (C=O) groups is 1. The Labute approximate surface area is 159 Å². The summed E-state index contributed by atoms with van der Waals surface area (Å²) < 4.78 is 5.84. The Morgan fingerprint density at radius 2 is 2.30 bits per heavy atom. The van der Waals surface area contributed by atoms with Crippen LogP contribution in [-0.2, 0) is 22.5 Å². The molecule has 4 rings (SSSR count). The fraction of sp³-hybridized carbons (Fsp3) is 0.500. The van der Waals surface area contributed by atoms with Crippen molar-refractivity contribution in [3.05, 3.63) is 35.8 Å². The lowest BCUT2D eigenvalue weighted by atomic mass is 10.0. The predicted octanol–water partition coefficient (Wildman–Crippen LogP) is 2.42. The van der Waals surface area contributed by atoms with Crippen molar-refractivity contribution in [2.75, 3.05) is 25.0 Å². The van der Waals surface area contributed by atoms with E-state index in [1.807, 2.05) is 17.0 Å². The van der Waals surface area contributed by atoms with E-state index in [1.165, 1.54) is 6.42 Å². The average Bonchev–Trinajstić information content (AvgIpc) is 2.72. The van der Waals surface area contributed by atoms with Gasteiger partial charge in [-0.2, -0.15) is 0 Å². The first-order chi connectivity index (χ1) is 13.2. The van der Waals surface area contributed by atoms with Gasteiger partial charge in [-0.05, 0) is 37.8 Å². The zero-order valence-corrected chi connectivity index (χ0v) is 15.6. The van der Waals surface area contributed by atoms with E-state index in [2.05, 4.69) is 10.3 Å². The monoisotopic (exact) mass is 367 g/mol. The number of ether oxygens (including phenoxy) is 1. The minimum Gasteiger partial charge on any atom is -0.376 e. The number of nitrogens with one attached hydrogen (secondary N) is 1. The largest absolute Gasteiger partial charge is 0.376 e. The van der Waals surface area contributed by atoms with Crippen LogP contribution in [0.25, 0.3) is 11.4 Å². The Bertz CT molecular complexity index is 806. The summed E-state index contributed by atoms with van der Waals surface area (Å²) in [5, 5.41) is 3.50.